The Bertz CT molecular complexity index is 2020. The number of hydrogen-bond acceptors (Lipinski definition) is 3. The summed E-state index contributed by atoms with van der Waals surface area (Å²) in [4.78, 5) is 0. The van der Waals surface area contributed by atoms with Crippen LogP contribution in [0.2, 0.25) is 0 Å². The molecule has 2 aromatic heterocycles. The van der Waals surface area contributed by atoms with Gasteiger partial charge in [-0.3, -0.25) is 0 Å². The highest BCUT2D eigenvalue weighted by Crippen LogP contribution is 2.35. The van der Waals surface area contributed by atoms with Crippen LogP contribution in [0.3, 0.4) is 0 Å². The number of unbranched alkanes of at least 4 members (excludes halogenated alkanes) is 1. The first-order valence-corrected chi connectivity index (χ1v) is 16.1. The van der Waals surface area contributed by atoms with Gasteiger partial charge in [-0.05, 0) is 103 Å². The Labute approximate surface area is 271 Å². The van der Waals surface area contributed by atoms with Crippen LogP contribution in [0.4, 0.5) is 0 Å². The molecule has 0 saturated heterocycles. The van der Waals surface area contributed by atoms with Gasteiger partial charge in [0.15, 0.2) is 0 Å². The molecule has 0 aliphatic carbocycles. The fraction of sp³-hybridized carbons (Fsp3) is 0.143. The van der Waals surface area contributed by atoms with Gasteiger partial charge in [0.05, 0.1) is 11.4 Å². The van der Waals surface area contributed by atoms with Crippen LogP contribution < -0.4 is 0 Å². The third-order valence-corrected chi connectivity index (χ3v) is 8.57. The molecule has 4 heteroatoms. The first-order chi connectivity index (χ1) is 22.6. The van der Waals surface area contributed by atoms with Crippen molar-refractivity contribution in [3.8, 4) is 62.2 Å². The van der Waals surface area contributed by atoms with E-state index in [0.717, 1.165) is 45.7 Å². The number of rotatable bonds is 9. The maximum Gasteiger partial charge on any atom is 0.248 e. The number of hydrogen-bond donors (Lipinski definition) is 0. The van der Waals surface area contributed by atoms with Crippen LogP contribution >= 0.6 is 0 Å². The normalized spacial score (nSPS) is 11.2. The summed E-state index contributed by atoms with van der Waals surface area (Å²) in [6, 6.07) is 47.4. The van der Waals surface area contributed by atoms with Crippen LogP contribution in [0, 0.1) is 13.8 Å². The van der Waals surface area contributed by atoms with Gasteiger partial charge < -0.3 is 8.98 Å². The molecule has 0 aliphatic heterocycles. The molecule has 226 valence electrons. The van der Waals surface area contributed by atoms with Gasteiger partial charge in [0.2, 0.25) is 11.8 Å². The summed E-state index contributed by atoms with van der Waals surface area (Å²) < 4.78 is 8.53. The SMILES string of the molecule is CCCCc1ccc(-c2nnc(-c3cccc(-c4cccc(-n5c(-c6ccc(C)cc6)ccc5-c5ccc(C)cc5)c4)c3)o2)cc1. The van der Waals surface area contributed by atoms with Crippen LogP contribution in [0.15, 0.2) is 138 Å². The van der Waals surface area contributed by atoms with Gasteiger partial charge in [0.1, 0.15) is 0 Å². The average molecular weight is 600 g/mol. The summed E-state index contributed by atoms with van der Waals surface area (Å²) in [6.07, 6.45) is 3.47. The van der Waals surface area contributed by atoms with Crippen molar-refractivity contribution in [2.45, 2.75) is 40.0 Å². The predicted molar refractivity (Wildman–Crippen MR) is 189 cm³/mol. The molecular weight excluding hydrogens is 562 g/mol. The molecule has 5 aromatic carbocycles. The van der Waals surface area contributed by atoms with E-state index in [4.69, 9.17) is 4.42 Å². The summed E-state index contributed by atoms with van der Waals surface area (Å²) >= 11 is 0. The molecule has 7 aromatic rings. The molecule has 0 N–H and O–H groups in total. The molecule has 0 spiro atoms. The zero-order valence-corrected chi connectivity index (χ0v) is 26.6. The summed E-state index contributed by atoms with van der Waals surface area (Å²) in [5, 5.41) is 8.78. The molecule has 0 fully saturated rings. The molecule has 4 nitrogen and oxygen atoms in total. The molecule has 0 bridgehead atoms. The minimum absolute atomic E-state index is 0.511. The standard InChI is InChI=1S/C42H37N3O/c1-4-5-8-31-17-23-34(24-18-31)41-43-44-42(46-41)37-11-6-9-35(27-37)36-10-7-12-38(28-36)45-39(32-19-13-29(2)14-20-32)25-26-40(45)33-21-15-30(3)16-22-33/h6-7,9-28H,4-5,8H2,1-3H3. The second kappa shape index (κ2) is 12.9. The van der Waals surface area contributed by atoms with Crippen molar-refractivity contribution in [3.05, 3.63) is 150 Å². The van der Waals surface area contributed by atoms with Gasteiger partial charge in [0, 0.05) is 16.8 Å². The second-order valence-corrected chi connectivity index (χ2v) is 12.0. The molecule has 46 heavy (non-hydrogen) atoms. The van der Waals surface area contributed by atoms with Gasteiger partial charge in [-0.1, -0.05) is 109 Å². The zero-order valence-electron chi connectivity index (χ0n) is 26.6. The smallest absolute Gasteiger partial charge is 0.248 e. The molecule has 0 saturated carbocycles. The van der Waals surface area contributed by atoms with Gasteiger partial charge in [0.25, 0.3) is 0 Å². The summed E-state index contributed by atoms with van der Waals surface area (Å²) in [6.45, 7) is 6.46. The monoisotopic (exact) mass is 599 g/mol. The third kappa shape index (κ3) is 6.07. The largest absolute Gasteiger partial charge is 0.416 e. The van der Waals surface area contributed by atoms with Gasteiger partial charge in [-0.2, -0.15) is 0 Å². The van der Waals surface area contributed by atoms with E-state index in [2.05, 4.69) is 163 Å². The Morgan fingerprint density at radius 1 is 0.522 bits per heavy atom. The number of aryl methyl sites for hydroxylation is 3. The average Bonchev–Trinajstić information content (AvgIpc) is 3.77. The van der Waals surface area contributed by atoms with E-state index < -0.39 is 0 Å². The Morgan fingerprint density at radius 2 is 1.04 bits per heavy atom. The molecule has 0 unspecified atom stereocenters. The van der Waals surface area contributed by atoms with Crippen molar-refractivity contribution < 1.29 is 4.42 Å². The van der Waals surface area contributed by atoms with Gasteiger partial charge in [-0.15, -0.1) is 10.2 Å². The molecule has 7 rings (SSSR count). The highest BCUT2D eigenvalue weighted by molar-refractivity contribution is 5.76. The Balaban J connectivity index is 1.23. The summed E-state index contributed by atoms with van der Waals surface area (Å²) in [7, 11) is 0. The lowest BCUT2D eigenvalue weighted by atomic mass is 10.0. The molecule has 2 heterocycles. The van der Waals surface area contributed by atoms with E-state index in [1.165, 1.54) is 40.7 Å². The topological polar surface area (TPSA) is 43.9 Å². The van der Waals surface area contributed by atoms with Crippen LogP contribution in [-0.4, -0.2) is 14.8 Å². The van der Waals surface area contributed by atoms with Gasteiger partial charge in [-0.25, -0.2) is 0 Å². The fourth-order valence-electron chi connectivity index (χ4n) is 5.92. The third-order valence-electron chi connectivity index (χ3n) is 8.57. The van der Waals surface area contributed by atoms with Crippen LogP contribution in [-0.2, 0) is 6.42 Å². The minimum Gasteiger partial charge on any atom is -0.416 e. The first kappa shape index (κ1) is 29.2. The zero-order chi connectivity index (χ0) is 31.5. The highest BCUT2D eigenvalue weighted by atomic mass is 16.4. The van der Waals surface area contributed by atoms with Crippen LogP contribution in [0.5, 0.6) is 0 Å². The Morgan fingerprint density at radius 3 is 1.65 bits per heavy atom. The maximum absolute atomic E-state index is 6.17. The van der Waals surface area contributed by atoms with Crippen molar-refractivity contribution in [3.63, 3.8) is 0 Å². The first-order valence-electron chi connectivity index (χ1n) is 16.1. The van der Waals surface area contributed by atoms with E-state index in [1.54, 1.807) is 0 Å². The maximum atomic E-state index is 6.17. The van der Waals surface area contributed by atoms with E-state index >= 15 is 0 Å². The van der Waals surface area contributed by atoms with Crippen molar-refractivity contribution in [2.24, 2.45) is 0 Å². The fourth-order valence-corrected chi connectivity index (χ4v) is 5.92. The molecule has 0 atom stereocenters. The quantitative estimate of drug-likeness (QED) is 0.166. The van der Waals surface area contributed by atoms with E-state index in [9.17, 15) is 0 Å². The van der Waals surface area contributed by atoms with Crippen molar-refractivity contribution in [1.29, 1.82) is 0 Å². The molecule has 0 amide bonds. The molecule has 0 aliphatic rings. The number of nitrogens with zero attached hydrogens (tertiary/aromatic N) is 3. The van der Waals surface area contributed by atoms with Gasteiger partial charge >= 0.3 is 0 Å². The Hall–Kier alpha value is -5.48. The van der Waals surface area contributed by atoms with Crippen molar-refractivity contribution in [2.75, 3.05) is 0 Å². The minimum atomic E-state index is 0.511. The van der Waals surface area contributed by atoms with E-state index in [1.807, 2.05) is 6.07 Å². The van der Waals surface area contributed by atoms with E-state index in [-0.39, 0.29) is 0 Å². The van der Waals surface area contributed by atoms with E-state index in [0.29, 0.717) is 11.8 Å². The number of benzene rings is 5. The molecular formula is C42H37N3O. The van der Waals surface area contributed by atoms with Crippen LogP contribution in [0.25, 0.3) is 62.2 Å². The number of aromatic nitrogens is 3. The van der Waals surface area contributed by atoms with Crippen molar-refractivity contribution in [1.82, 2.24) is 14.8 Å². The lowest BCUT2D eigenvalue weighted by molar-refractivity contribution is 0.584. The van der Waals surface area contributed by atoms with Crippen molar-refractivity contribution >= 4 is 0 Å². The lowest BCUT2D eigenvalue weighted by Gasteiger charge is -2.16. The summed E-state index contributed by atoms with van der Waals surface area (Å²) in [5.41, 5.74) is 13.6. The Kier molecular flexibility index (Phi) is 8.18. The molecule has 0 radical (unpaired) electrons. The lowest BCUT2D eigenvalue weighted by Crippen LogP contribution is -2.00. The predicted octanol–water partition coefficient (Wildman–Crippen LogP) is 11.2. The second-order valence-electron chi connectivity index (χ2n) is 12.0. The summed E-state index contributed by atoms with van der Waals surface area (Å²) in [5.74, 6) is 1.04. The highest BCUT2D eigenvalue weighted by Gasteiger charge is 2.16. The van der Waals surface area contributed by atoms with Crippen LogP contribution in [0.1, 0.15) is 36.5 Å².